The molecule has 4 rings (SSSR count). The summed E-state index contributed by atoms with van der Waals surface area (Å²) in [7, 11) is 0. The molecule has 1 amide bonds. The van der Waals surface area contributed by atoms with E-state index in [1.54, 1.807) is 30.3 Å². The summed E-state index contributed by atoms with van der Waals surface area (Å²) in [6.07, 6.45) is -4.55. The van der Waals surface area contributed by atoms with Gasteiger partial charge in [-0.3, -0.25) is 4.79 Å². The number of hydrogen-bond acceptors (Lipinski definition) is 2. The van der Waals surface area contributed by atoms with Gasteiger partial charge < -0.3 is 10.2 Å². The van der Waals surface area contributed by atoms with Crippen LogP contribution in [0.1, 0.15) is 27.4 Å². The minimum atomic E-state index is -4.55. The Morgan fingerprint density at radius 3 is 2.40 bits per heavy atom. The second kappa shape index (κ2) is 6.35. The molecule has 1 saturated heterocycles. The van der Waals surface area contributed by atoms with Gasteiger partial charge in [0.15, 0.2) is 0 Å². The van der Waals surface area contributed by atoms with Crippen molar-refractivity contribution in [3.63, 3.8) is 0 Å². The van der Waals surface area contributed by atoms with Crippen molar-refractivity contribution in [1.82, 2.24) is 5.32 Å². The predicted molar refractivity (Wildman–Crippen MR) is 91.3 cm³/mol. The molecule has 2 aliphatic rings. The van der Waals surface area contributed by atoms with E-state index in [1.165, 1.54) is 11.0 Å². The van der Waals surface area contributed by atoms with Crippen LogP contribution in [0.3, 0.4) is 0 Å². The Balaban J connectivity index is 0.00000182. The van der Waals surface area contributed by atoms with E-state index in [2.05, 4.69) is 5.32 Å². The van der Waals surface area contributed by atoms with Crippen LogP contribution in [0.15, 0.2) is 48.5 Å². The average molecular weight is 369 g/mol. The summed E-state index contributed by atoms with van der Waals surface area (Å²) in [6, 6.07) is 12.8. The monoisotopic (exact) mass is 368 g/mol. The first kappa shape index (κ1) is 17.8. The molecule has 2 heterocycles. The second-order valence-corrected chi connectivity index (χ2v) is 6.11. The third-order valence-electron chi connectivity index (χ3n) is 4.78. The maximum absolute atomic E-state index is 13.4. The molecule has 2 atom stereocenters. The van der Waals surface area contributed by atoms with Crippen molar-refractivity contribution in [2.45, 2.75) is 18.1 Å². The number of anilines is 1. The SMILES string of the molecule is Cl.O=C1c2c(cccc2C(F)(F)F)[C@@H]2CNC[C@@H]2N1c1ccccc1. The molecule has 0 spiro atoms. The van der Waals surface area contributed by atoms with Crippen LogP contribution < -0.4 is 10.2 Å². The Kier molecular flexibility index (Phi) is 4.51. The molecule has 2 aromatic rings. The van der Waals surface area contributed by atoms with Crippen molar-refractivity contribution in [3.05, 3.63) is 65.2 Å². The summed E-state index contributed by atoms with van der Waals surface area (Å²) in [6.45, 7) is 1.14. The van der Waals surface area contributed by atoms with Gasteiger partial charge in [-0.15, -0.1) is 12.4 Å². The molecule has 1 fully saturated rings. The zero-order chi connectivity index (χ0) is 16.9. The molecular formula is C18H16ClF3N2O. The van der Waals surface area contributed by atoms with Gasteiger partial charge in [0.05, 0.1) is 17.2 Å². The molecule has 1 N–H and O–H groups in total. The molecule has 2 aliphatic heterocycles. The Bertz CT molecular complexity index is 795. The molecular weight excluding hydrogens is 353 g/mol. The first-order chi connectivity index (χ1) is 11.5. The van der Waals surface area contributed by atoms with E-state index >= 15 is 0 Å². The maximum Gasteiger partial charge on any atom is 0.417 e. The van der Waals surface area contributed by atoms with E-state index in [4.69, 9.17) is 0 Å². The summed E-state index contributed by atoms with van der Waals surface area (Å²) >= 11 is 0. The fourth-order valence-electron chi connectivity index (χ4n) is 3.78. The third-order valence-corrected chi connectivity index (χ3v) is 4.78. The van der Waals surface area contributed by atoms with Crippen LogP contribution in [-0.4, -0.2) is 25.0 Å². The van der Waals surface area contributed by atoms with E-state index in [0.717, 1.165) is 6.07 Å². The molecule has 0 bridgehead atoms. The number of para-hydroxylation sites is 1. The van der Waals surface area contributed by atoms with Crippen molar-refractivity contribution in [2.24, 2.45) is 0 Å². The lowest BCUT2D eigenvalue weighted by Crippen LogP contribution is -2.49. The molecule has 2 aromatic carbocycles. The number of benzene rings is 2. The molecule has 0 aromatic heterocycles. The molecule has 0 unspecified atom stereocenters. The molecule has 7 heteroatoms. The number of fused-ring (bicyclic) bond motifs is 3. The molecule has 0 aliphatic carbocycles. The Morgan fingerprint density at radius 1 is 1.00 bits per heavy atom. The van der Waals surface area contributed by atoms with E-state index in [9.17, 15) is 18.0 Å². The van der Waals surface area contributed by atoms with Gasteiger partial charge in [-0.05, 0) is 23.8 Å². The topological polar surface area (TPSA) is 32.3 Å². The highest BCUT2D eigenvalue weighted by Crippen LogP contribution is 2.43. The fraction of sp³-hybridized carbons (Fsp3) is 0.278. The minimum Gasteiger partial charge on any atom is -0.314 e. The third kappa shape index (κ3) is 2.79. The van der Waals surface area contributed by atoms with Gasteiger partial charge in [-0.25, -0.2) is 0 Å². The summed E-state index contributed by atoms with van der Waals surface area (Å²) < 4.78 is 40.3. The van der Waals surface area contributed by atoms with Crippen LogP contribution in [0.25, 0.3) is 0 Å². The van der Waals surface area contributed by atoms with Gasteiger partial charge in [0.2, 0.25) is 0 Å². The maximum atomic E-state index is 13.4. The first-order valence-electron chi connectivity index (χ1n) is 7.78. The zero-order valence-electron chi connectivity index (χ0n) is 13.1. The molecule has 132 valence electrons. The lowest BCUT2D eigenvalue weighted by molar-refractivity contribution is -0.138. The van der Waals surface area contributed by atoms with Gasteiger partial charge in [-0.2, -0.15) is 13.2 Å². The van der Waals surface area contributed by atoms with E-state index < -0.39 is 17.6 Å². The quantitative estimate of drug-likeness (QED) is 0.829. The first-order valence-corrected chi connectivity index (χ1v) is 7.78. The lowest BCUT2D eigenvalue weighted by atomic mass is 9.82. The highest BCUT2D eigenvalue weighted by atomic mass is 35.5. The number of rotatable bonds is 1. The molecule has 0 saturated carbocycles. The summed E-state index contributed by atoms with van der Waals surface area (Å²) in [4.78, 5) is 14.5. The Hall–Kier alpha value is -2.05. The van der Waals surface area contributed by atoms with Gasteiger partial charge in [0, 0.05) is 24.7 Å². The molecule has 25 heavy (non-hydrogen) atoms. The predicted octanol–water partition coefficient (Wildman–Crippen LogP) is 3.84. The van der Waals surface area contributed by atoms with Crippen molar-refractivity contribution >= 4 is 24.0 Å². The summed E-state index contributed by atoms with van der Waals surface area (Å²) in [5, 5.41) is 3.21. The Labute approximate surface area is 149 Å². The van der Waals surface area contributed by atoms with Gasteiger partial charge in [0.1, 0.15) is 0 Å². The van der Waals surface area contributed by atoms with E-state index in [1.807, 2.05) is 6.07 Å². The van der Waals surface area contributed by atoms with Crippen LogP contribution >= 0.6 is 12.4 Å². The highest BCUT2D eigenvalue weighted by Gasteiger charge is 2.47. The summed E-state index contributed by atoms with van der Waals surface area (Å²) in [5.41, 5.74) is 0.0657. The average Bonchev–Trinajstić information content (AvgIpc) is 3.04. The number of amides is 1. The van der Waals surface area contributed by atoms with Crippen LogP contribution in [0.5, 0.6) is 0 Å². The van der Waals surface area contributed by atoms with Gasteiger partial charge in [-0.1, -0.05) is 30.3 Å². The molecule has 3 nitrogen and oxygen atoms in total. The van der Waals surface area contributed by atoms with Crippen LogP contribution in [0.4, 0.5) is 18.9 Å². The standard InChI is InChI=1S/C18H15F3N2O.ClH/c19-18(20,21)14-8-4-7-12-13-9-22-10-15(13)23(17(24)16(12)14)11-5-2-1-3-6-11;/h1-8,13,15,22H,9-10H2;1H/t13-,15-;/m0./s1. The van der Waals surface area contributed by atoms with Crippen LogP contribution in [0, 0.1) is 0 Å². The van der Waals surface area contributed by atoms with E-state index in [-0.39, 0.29) is 29.9 Å². The number of hydrogen-bond donors (Lipinski definition) is 1. The number of nitrogens with zero attached hydrogens (tertiary/aromatic N) is 1. The largest absolute Gasteiger partial charge is 0.417 e. The van der Waals surface area contributed by atoms with Crippen molar-refractivity contribution in [3.8, 4) is 0 Å². The number of carbonyl (C=O) groups excluding carboxylic acids is 1. The van der Waals surface area contributed by atoms with E-state index in [0.29, 0.717) is 24.3 Å². The fourth-order valence-corrected chi connectivity index (χ4v) is 3.78. The van der Waals surface area contributed by atoms with Crippen molar-refractivity contribution < 1.29 is 18.0 Å². The van der Waals surface area contributed by atoms with Gasteiger partial charge in [0.25, 0.3) is 5.91 Å². The number of carbonyl (C=O) groups is 1. The number of nitrogens with one attached hydrogen (secondary N) is 1. The van der Waals surface area contributed by atoms with Gasteiger partial charge >= 0.3 is 6.18 Å². The lowest BCUT2D eigenvalue weighted by Gasteiger charge is -2.39. The molecule has 0 radical (unpaired) electrons. The van der Waals surface area contributed by atoms with Crippen LogP contribution in [0.2, 0.25) is 0 Å². The van der Waals surface area contributed by atoms with Crippen LogP contribution in [-0.2, 0) is 6.18 Å². The number of halogens is 4. The number of alkyl halides is 3. The van der Waals surface area contributed by atoms with Crippen molar-refractivity contribution in [1.29, 1.82) is 0 Å². The Morgan fingerprint density at radius 2 is 1.72 bits per heavy atom. The zero-order valence-corrected chi connectivity index (χ0v) is 13.9. The second-order valence-electron chi connectivity index (χ2n) is 6.11. The minimum absolute atomic E-state index is 0. The highest BCUT2D eigenvalue weighted by molar-refractivity contribution is 6.10. The normalized spacial score (nSPS) is 22.2. The van der Waals surface area contributed by atoms with Crippen molar-refractivity contribution in [2.75, 3.05) is 18.0 Å². The summed E-state index contributed by atoms with van der Waals surface area (Å²) in [5.74, 6) is -0.714. The smallest absolute Gasteiger partial charge is 0.314 e.